The number of rotatable bonds is 7. The van der Waals surface area contributed by atoms with E-state index in [0.29, 0.717) is 13.2 Å². The van der Waals surface area contributed by atoms with Crippen molar-refractivity contribution >= 4 is 27.5 Å². The van der Waals surface area contributed by atoms with E-state index in [9.17, 15) is 4.79 Å². The van der Waals surface area contributed by atoms with E-state index in [0.717, 1.165) is 21.5 Å². The lowest BCUT2D eigenvalue weighted by Crippen LogP contribution is -2.39. The number of benzene rings is 2. The topological polar surface area (TPSA) is 41.6 Å². The lowest BCUT2D eigenvalue weighted by atomic mass is 10.1. The first-order valence-electron chi connectivity index (χ1n) is 7.98. The van der Waals surface area contributed by atoms with Crippen LogP contribution in [0.2, 0.25) is 0 Å². The quantitative estimate of drug-likeness (QED) is 0.765. The van der Waals surface area contributed by atoms with Gasteiger partial charge in [0.2, 0.25) is 5.91 Å². The van der Waals surface area contributed by atoms with Crippen molar-refractivity contribution in [1.29, 1.82) is 0 Å². The summed E-state index contributed by atoms with van der Waals surface area (Å²) in [5.74, 6) is 0.839. The Morgan fingerprint density at radius 3 is 2.58 bits per heavy atom. The fourth-order valence-electron chi connectivity index (χ4n) is 2.30. The Hall–Kier alpha value is -1.85. The molecule has 0 radical (unpaired) electrons. The minimum atomic E-state index is -0.240. The van der Waals surface area contributed by atoms with Crippen LogP contribution in [0.5, 0.6) is 5.75 Å². The van der Waals surface area contributed by atoms with Gasteiger partial charge in [0.15, 0.2) is 0 Å². The highest BCUT2D eigenvalue weighted by Gasteiger charge is 2.18. The molecule has 1 N–H and O–H groups in total. The number of halogens is 1. The number of ether oxygens (including phenoxy) is 1. The number of likely N-dealkylation sites (N-methyl/N-ethyl adjacent to an activating group) is 1. The molecule has 4 nitrogen and oxygen atoms in total. The van der Waals surface area contributed by atoms with Gasteiger partial charge < -0.3 is 10.1 Å². The zero-order chi connectivity index (χ0) is 17.5. The maximum Gasteiger partial charge on any atom is 0.241 e. The number of hydrogen-bond acceptors (Lipinski definition) is 3. The van der Waals surface area contributed by atoms with Crippen LogP contribution in [-0.2, 0) is 11.3 Å². The maximum absolute atomic E-state index is 12.4. The van der Waals surface area contributed by atoms with Gasteiger partial charge in [-0.15, -0.1) is 0 Å². The lowest BCUT2D eigenvalue weighted by molar-refractivity contribution is -0.120. The summed E-state index contributed by atoms with van der Waals surface area (Å²) in [5.41, 5.74) is 1.93. The SMILES string of the molecule is CCOc1ccc(CN(C)[C@@H](C)C(=O)Nc2cccc(Br)c2)cc1. The van der Waals surface area contributed by atoms with Crippen LogP contribution in [0.1, 0.15) is 19.4 Å². The van der Waals surface area contributed by atoms with Crippen LogP contribution in [0.4, 0.5) is 5.69 Å². The second-order valence-electron chi connectivity index (χ2n) is 5.67. The fourth-order valence-corrected chi connectivity index (χ4v) is 2.70. The summed E-state index contributed by atoms with van der Waals surface area (Å²) in [6.07, 6.45) is 0. The summed E-state index contributed by atoms with van der Waals surface area (Å²) in [5, 5.41) is 2.94. The highest BCUT2D eigenvalue weighted by atomic mass is 79.9. The van der Waals surface area contributed by atoms with E-state index in [-0.39, 0.29) is 11.9 Å². The number of amides is 1. The van der Waals surface area contributed by atoms with E-state index in [4.69, 9.17) is 4.74 Å². The van der Waals surface area contributed by atoms with Crippen molar-refractivity contribution in [3.05, 3.63) is 58.6 Å². The first kappa shape index (κ1) is 18.5. The van der Waals surface area contributed by atoms with Crippen LogP contribution in [0.3, 0.4) is 0 Å². The molecule has 2 aromatic rings. The Morgan fingerprint density at radius 1 is 1.25 bits per heavy atom. The smallest absolute Gasteiger partial charge is 0.241 e. The number of carbonyl (C=O) groups excluding carboxylic acids is 1. The van der Waals surface area contributed by atoms with Crippen molar-refractivity contribution in [2.24, 2.45) is 0 Å². The molecule has 0 aliphatic heterocycles. The molecule has 1 atom stereocenters. The van der Waals surface area contributed by atoms with Gasteiger partial charge in [0.05, 0.1) is 12.6 Å². The van der Waals surface area contributed by atoms with Crippen LogP contribution in [0, 0.1) is 0 Å². The van der Waals surface area contributed by atoms with Crippen molar-refractivity contribution in [2.45, 2.75) is 26.4 Å². The van der Waals surface area contributed by atoms with Crippen molar-refractivity contribution in [2.75, 3.05) is 19.0 Å². The normalized spacial score (nSPS) is 12.0. The lowest BCUT2D eigenvalue weighted by Gasteiger charge is -2.24. The Morgan fingerprint density at radius 2 is 1.96 bits per heavy atom. The first-order valence-corrected chi connectivity index (χ1v) is 8.77. The number of carbonyl (C=O) groups is 1. The summed E-state index contributed by atoms with van der Waals surface area (Å²) in [7, 11) is 1.95. The standard InChI is InChI=1S/C19H23BrN2O2/c1-4-24-18-10-8-15(9-11-18)13-22(3)14(2)19(23)21-17-7-5-6-16(20)12-17/h5-12,14H,4,13H2,1-3H3,(H,21,23)/t14-/m0/s1. The van der Waals surface area contributed by atoms with Gasteiger partial charge in [-0.1, -0.05) is 34.1 Å². The Labute approximate surface area is 151 Å². The Bertz CT molecular complexity index is 673. The van der Waals surface area contributed by atoms with Gasteiger partial charge in [-0.05, 0) is 56.8 Å². The fraction of sp³-hybridized carbons (Fsp3) is 0.316. The Balaban J connectivity index is 1.93. The molecule has 1 amide bonds. The van der Waals surface area contributed by atoms with Crippen molar-refractivity contribution < 1.29 is 9.53 Å². The number of anilines is 1. The van der Waals surface area contributed by atoms with Crippen LogP contribution < -0.4 is 10.1 Å². The second kappa shape index (κ2) is 8.85. The predicted octanol–water partition coefficient (Wildman–Crippen LogP) is 4.31. The third-order valence-electron chi connectivity index (χ3n) is 3.80. The summed E-state index contributed by atoms with van der Waals surface area (Å²) in [6, 6.07) is 15.3. The minimum absolute atomic E-state index is 0.0264. The summed E-state index contributed by atoms with van der Waals surface area (Å²) >= 11 is 3.41. The van der Waals surface area contributed by atoms with E-state index in [1.807, 2.05) is 74.3 Å². The number of nitrogens with zero attached hydrogens (tertiary/aromatic N) is 1. The van der Waals surface area contributed by atoms with E-state index in [2.05, 4.69) is 21.2 Å². The molecule has 0 aromatic heterocycles. The van der Waals surface area contributed by atoms with Crippen molar-refractivity contribution in [3.8, 4) is 5.75 Å². The number of nitrogens with one attached hydrogen (secondary N) is 1. The summed E-state index contributed by atoms with van der Waals surface area (Å²) in [4.78, 5) is 14.4. The third-order valence-corrected chi connectivity index (χ3v) is 4.29. The molecule has 0 heterocycles. The molecule has 0 saturated heterocycles. The van der Waals surface area contributed by atoms with Gasteiger partial charge >= 0.3 is 0 Å². The molecule has 0 aliphatic rings. The Kier molecular flexibility index (Phi) is 6.82. The van der Waals surface area contributed by atoms with Gasteiger partial charge in [-0.3, -0.25) is 9.69 Å². The van der Waals surface area contributed by atoms with Crippen molar-refractivity contribution in [1.82, 2.24) is 4.90 Å². The monoisotopic (exact) mass is 390 g/mol. The number of hydrogen-bond donors (Lipinski definition) is 1. The minimum Gasteiger partial charge on any atom is -0.494 e. The molecule has 0 unspecified atom stereocenters. The van der Waals surface area contributed by atoms with E-state index in [1.165, 1.54) is 0 Å². The molecule has 0 spiro atoms. The highest BCUT2D eigenvalue weighted by Crippen LogP contribution is 2.17. The van der Waals surface area contributed by atoms with Crippen LogP contribution in [-0.4, -0.2) is 30.5 Å². The van der Waals surface area contributed by atoms with E-state index >= 15 is 0 Å². The molecule has 2 rings (SSSR count). The van der Waals surface area contributed by atoms with Gasteiger partial charge in [-0.2, -0.15) is 0 Å². The molecule has 0 fully saturated rings. The molecule has 0 saturated carbocycles. The molecule has 0 aliphatic carbocycles. The maximum atomic E-state index is 12.4. The average molecular weight is 391 g/mol. The molecule has 5 heteroatoms. The van der Waals surface area contributed by atoms with Gasteiger partial charge in [-0.25, -0.2) is 0 Å². The molecule has 2 aromatic carbocycles. The molecular weight excluding hydrogens is 368 g/mol. The summed E-state index contributed by atoms with van der Waals surface area (Å²) in [6.45, 7) is 5.22. The van der Waals surface area contributed by atoms with Gasteiger partial charge in [0.25, 0.3) is 0 Å². The van der Waals surface area contributed by atoms with Crippen LogP contribution >= 0.6 is 15.9 Å². The molecule has 24 heavy (non-hydrogen) atoms. The third kappa shape index (κ3) is 5.35. The first-order chi connectivity index (χ1) is 11.5. The highest BCUT2D eigenvalue weighted by molar-refractivity contribution is 9.10. The molecule has 128 valence electrons. The van der Waals surface area contributed by atoms with Crippen LogP contribution in [0.15, 0.2) is 53.0 Å². The average Bonchev–Trinajstić information content (AvgIpc) is 2.56. The molecular formula is C19H23BrN2O2. The van der Waals surface area contributed by atoms with Crippen LogP contribution in [0.25, 0.3) is 0 Å². The van der Waals surface area contributed by atoms with Crippen molar-refractivity contribution in [3.63, 3.8) is 0 Å². The predicted molar refractivity (Wildman–Crippen MR) is 101 cm³/mol. The van der Waals surface area contributed by atoms with Gasteiger partial charge in [0.1, 0.15) is 5.75 Å². The second-order valence-corrected chi connectivity index (χ2v) is 6.58. The summed E-state index contributed by atoms with van der Waals surface area (Å²) < 4.78 is 6.39. The van der Waals surface area contributed by atoms with E-state index in [1.54, 1.807) is 0 Å². The largest absolute Gasteiger partial charge is 0.494 e. The zero-order valence-electron chi connectivity index (χ0n) is 14.3. The zero-order valence-corrected chi connectivity index (χ0v) is 15.8. The van der Waals surface area contributed by atoms with Gasteiger partial charge in [0, 0.05) is 16.7 Å². The van der Waals surface area contributed by atoms with E-state index < -0.39 is 0 Å². The molecule has 0 bridgehead atoms.